The van der Waals surface area contributed by atoms with Crippen molar-refractivity contribution in [3.8, 4) is 11.5 Å². The van der Waals surface area contributed by atoms with E-state index in [4.69, 9.17) is 9.47 Å². The monoisotopic (exact) mass is 291 g/mol. The van der Waals surface area contributed by atoms with Crippen molar-refractivity contribution < 1.29 is 9.47 Å². The van der Waals surface area contributed by atoms with Crippen LogP contribution in [0.1, 0.15) is 26.2 Å². The Kier molecular flexibility index (Phi) is 5.72. The van der Waals surface area contributed by atoms with Gasteiger partial charge < -0.3 is 20.1 Å². The smallest absolute Gasteiger partial charge is 0.195 e. The van der Waals surface area contributed by atoms with Gasteiger partial charge in [0.1, 0.15) is 0 Å². The number of rotatable bonds is 7. The number of aliphatic imine (C=N–C) groups is 1. The zero-order valence-corrected chi connectivity index (χ0v) is 13.1. The number of guanidine groups is 1. The summed E-state index contributed by atoms with van der Waals surface area (Å²) in [6.45, 7) is 3.52. The van der Waals surface area contributed by atoms with Crippen LogP contribution in [0.4, 0.5) is 5.69 Å². The van der Waals surface area contributed by atoms with Crippen LogP contribution in [0.15, 0.2) is 23.2 Å². The lowest BCUT2D eigenvalue weighted by Gasteiger charge is -2.14. The van der Waals surface area contributed by atoms with Crippen molar-refractivity contribution in [2.75, 3.05) is 32.6 Å². The van der Waals surface area contributed by atoms with Crippen LogP contribution in [0.3, 0.4) is 0 Å². The van der Waals surface area contributed by atoms with Gasteiger partial charge in [0, 0.05) is 25.3 Å². The first-order valence-electron chi connectivity index (χ1n) is 7.55. The Morgan fingerprint density at radius 1 is 1.33 bits per heavy atom. The zero-order valence-electron chi connectivity index (χ0n) is 13.1. The van der Waals surface area contributed by atoms with Crippen LogP contribution in [-0.2, 0) is 0 Å². The second-order valence-electron chi connectivity index (χ2n) is 5.15. The lowest BCUT2D eigenvalue weighted by molar-refractivity contribution is 0.311. The number of methoxy groups -OCH3 is 1. The van der Waals surface area contributed by atoms with E-state index in [9.17, 15) is 0 Å². The summed E-state index contributed by atoms with van der Waals surface area (Å²) in [5.74, 6) is 3.17. The molecule has 1 aliphatic carbocycles. The number of benzene rings is 1. The lowest BCUT2D eigenvalue weighted by atomic mass is 10.2. The molecule has 0 aliphatic heterocycles. The predicted molar refractivity (Wildman–Crippen MR) is 86.5 cm³/mol. The molecule has 0 aromatic heterocycles. The van der Waals surface area contributed by atoms with Gasteiger partial charge in [-0.05, 0) is 31.4 Å². The molecule has 1 saturated carbocycles. The molecular formula is C16H25N3O2. The molecule has 1 aliphatic rings. The van der Waals surface area contributed by atoms with Gasteiger partial charge in [0.05, 0.1) is 13.7 Å². The Labute approximate surface area is 126 Å². The number of ether oxygens (including phenoxy) is 2. The molecule has 0 heterocycles. The molecule has 5 heteroatoms. The molecule has 1 aromatic rings. The molecule has 21 heavy (non-hydrogen) atoms. The molecule has 0 bridgehead atoms. The molecule has 0 saturated heterocycles. The van der Waals surface area contributed by atoms with Crippen molar-refractivity contribution >= 4 is 11.6 Å². The van der Waals surface area contributed by atoms with E-state index in [1.807, 2.05) is 25.1 Å². The minimum atomic E-state index is 0.605. The average molecular weight is 291 g/mol. The topological polar surface area (TPSA) is 54.9 Å². The summed E-state index contributed by atoms with van der Waals surface area (Å²) >= 11 is 0. The van der Waals surface area contributed by atoms with Gasteiger partial charge >= 0.3 is 0 Å². The highest BCUT2D eigenvalue weighted by Gasteiger charge is 2.20. The van der Waals surface area contributed by atoms with Crippen LogP contribution in [0.25, 0.3) is 0 Å². The molecule has 1 aromatic carbocycles. The first-order valence-corrected chi connectivity index (χ1v) is 7.55. The van der Waals surface area contributed by atoms with Crippen molar-refractivity contribution in [3.05, 3.63) is 18.2 Å². The minimum absolute atomic E-state index is 0.605. The standard InChI is InChI=1S/C16H25N3O2/c1-4-21-15-11-13(7-8-14(15)20-3)19-16(17-2)18-10-9-12-5-6-12/h7-8,11-12H,4-6,9-10H2,1-3H3,(H2,17,18,19). The Morgan fingerprint density at radius 2 is 2.14 bits per heavy atom. The molecule has 1 fully saturated rings. The van der Waals surface area contributed by atoms with Crippen molar-refractivity contribution in [2.45, 2.75) is 26.2 Å². The second kappa shape index (κ2) is 7.76. The fourth-order valence-corrected chi connectivity index (χ4v) is 2.14. The predicted octanol–water partition coefficient (Wildman–Crippen LogP) is 2.88. The quantitative estimate of drug-likeness (QED) is 0.599. The maximum absolute atomic E-state index is 5.58. The molecule has 0 unspecified atom stereocenters. The highest BCUT2D eigenvalue weighted by atomic mass is 16.5. The van der Waals surface area contributed by atoms with E-state index in [0.717, 1.165) is 35.6 Å². The van der Waals surface area contributed by atoms with E-state index >= 15 is 0 Å². The summed E-state index contributed by atoms with van der Waals surface area (Å²) in [5, 5.41) is 6.61. The Balaban J connectivity index is 1.94. The van der Waals surface area contributed by atoms with Crippen LogP contribution in [0, 0.1) is 5.92 Å². The largest absolute Gasteiger partial charge is 0.493 e. The van der Waals surface area contributed by atoms with Crippen LogP contribution in [0.2, 0.25) is 0 Å². The van der Waals surface area contributed by atoms with Gasteiger partial charge in [0.15, 0.2) is 17.5 Å². The van der Waals surface area contributed by atoms with E-state index in [0.29, 0.717) is 6.61 Å². The van der Waals surface area contributed by atoms with Gasteiger partial charge in [-0.15, -0.1) is 0 Å². The second-order valence-corrected chi connectivity index (χ2v) is 5.15. The fraction of sp³-hybridized carbons (Fsp3) is 0.562. The number of hydrogen-bond acceptors (Lipinski definition) is 3. The van der Waals surface area contributed by atoms with Gasteiger partial charge in [0.25, 0.3) is 0 Å². The third kappa shape index (κ3) is 4.85. The molecule has 0 amide bonds. The summed E-state index contributed by atoms with van der Waals surface area (Å²) in [6.07, 6.45) is 3.97. The number of hydrogen-bond donors (Lipinski definition) is 2. The first kappa shape index (κ1) is 15.5. The van der Waals surface area contributed by atoms with Crippen molar-refractivity contribution in [1.29, 1.82) is 0 Å². The maximum Gasteiger partial charge on any atom is 0.195 e. The molecule has 116 valence electrons. The molecule has 5 nitrogen and oxygen atoms in total. The highest BCUT2D eigenvalue weighted by Crippen LogP contribution is 2.32. The Bertz CT molecular complexity index is 484. The molecule has 0 spiro atoms. The number of anilines is 1. The van der Waals surface area contributed by atoms with Gasteiger partial charge in [0.2, 0.25) is 0 Å². The Hall–Kier alpha value is -1.91. The van der Waals surface area contributed by atoms with E-state index in [1.54, 1.807) is 14.2 Å². The van der Waals surface area contributed by atoms with Crippen molar-refractivity contribution in [3.63, 3.8) is 0 Å². The van der Waals surface area contributed by atoms with E-state index in [2.05, 4.69) is 15.6 Å². The third-order valence-corrected chi connectivity index (χ3v) is 3.49. The van der Waals surface area contributed by atoms with Crippen LogP contribution in [-0.4, -0.2) is 33.3 Å². The first-order chi connectivity index (χ1) is 10.3. The number of nitrogens with zero attached hydrogens (tertiary/aromatic N) is 1. The summed E-state index contributed by atoms with van der Waals surface area (Å²) in [6, 6.07) is 5.77. The highest BCUT2D eigenvalue weighted by molar-refractivity contribution is 5.93. The van der Waals surface area contributed by atoms with Gasteiger partial charge in [-0.2, -0.15) is 0 Å². The summed E-state index contributed by atoms with van der Waals surface area (Å²) in [7, 11) is 3.42. The summed E-state index contributed by atoms with van der Waals surface area (Å²) in [4.78, 5) is 4.24. The summed E-state index contributed by atoms with van der Waals surface area (Å²) < 4.78 is 10.9. The van der Waals surface area contributed by atoms with Crippen LogP contribution < -0.4 is 20.1 Å². The van der Waals surface area contributed by atoms with Crippen LogP contribution >= 0.6 is 0 Å². The van der Waals surface area contributed by atoms with E-state index < -0.39 is 0 Å². The minimum Gasteiger partial charge on any atom is -0.493 e. The SMILES string of the molecule is CCOc1cc(NC(=NC)NCCC2CC2)ccc1OC. The number of nitrogens with one attached hydrogen (secondary N) is 2. The molecule has 2 N–H and O–H groups in total. The fourth-order valence-electron chi connectivity index (χ4n) is 2.14. The molecular weight excluding hydrogens is 266 g/mol. The third-order valence-electron chi connectivity index (χ3n) is 3.49. The Morgan fingerprint density at radius 3 is 2.76 bits per heavy atom. The maximum atomic E-state index is 5.58. The normalized spacial score (nSPS) is 14.7. The van der Waals surface area contributed by atoms with Gasteiger partial charge in [-0.1, -0.05) is 12.8 Å². The zero-order chi connectivity index (χ0) is 15.1. The molecule has 0 atom stereocenters. The molecule has 2 rings (SSSR count). The lowest BCUT2D eigenvalue weighted by Crippen LogP contribution is -2.31. The van der Waals surface area contributed by atoms with E-state index in [1.165, 1.54) is 19.3 Å². The summed E-state index contributed by atoms with van der Waals surface area (Å²) in [5.41, 5.74) is 0.929. The van der Waals surface area contributed by atoms with Gasteiger partial charge in [-0.3, -0.25) is 4.99 Å². The van der Waals surface area contributed by atoms with E-state index in [-0.39, 0.29) is 0 Å². The van der Waals surface area contributed by atoms with Crippen molar-refractivity contribution in [2.24, 2.45) is 10.9 Å². The van der Waals surface area contributed by atoms with Gasteiger partial charge in [-0.25, -0.2) is 0 Å². The molecule has 0 radical (unpaired) electrons. The van der Waals surface area contributed by atoms with Crippen molar-refractivity contribution in [1.82, 2.24) is 5.32 Å². The van der Waals surface area contributed by atoms with Crippen LogP contribution in [0.5, 0.6) is 11.5 Å². The average Bonchev–Trinajstić information content (AvgIpc) is 3.31.